The van der Waals surface area contributed by atoms with E-state index < -0.39 is 0 Å². The lowest BCUT2D eigenvalue weighted by Gasteiger charge is -2.05. The van der Waals surface area contributed by atoms with Crippen LogP contribution in [0.4, 0.5) is 0 Å². The van der Waals surface area contributed by atoms with E-state index in [4.69, 9.17) is 0 Å². The Morgan fingerprint density at radius 1 is 0.810 bits per heavy atom. The molecule has 0 bridgehead atoms. The molecule has 106 valence electrons. The second kappa shape index (κ2) is 7.65. The molecule has 1 nitrogen and oxygen atoms in total. The van der Waals surface area contributed by atoms with E-state index in [9.17, 15) is 0 Å². The van der Waals surface area contributed by atoms with Crippen LogP contribution in [-0.4, -0.2) is 4.98 Å². The van der Waals surface area contributed by atoms with Crippen LogP contribution in [0, 0.1) is 13.8 Å². The average Bonchev–Trinajstić information content (AvgIpc) is 2.49. The Morgan fingerprint density at radius 2 is 1.57 bits per heavy atom. The van der Waals surface area contributed by atoms with E-state index in [1.54, 1.807) is 6.20 Å². The van der Waals surface area contributed by atoms with Gasteiger partial charge in [-0.1, -0.05) is 54.1 Å². The zero-order valence-corrected chi connectivity index (χ0v) is 13.2. The van der Waals surface area contributed by atoms with Gasteiger partial charge in [-0.25, -0.2) is 0 Å². The number of rotatable bonds is 1. The fraction of sp³-hybridized carbons (Fsp3) is 0.105. The summed E-state index contributed by atoms with van der Waals surface area (Å²) in [5, 5.41) is 0. The Labute approximate surface area is 132 Å². The first-order valence-electron chi connectivity index (χ1n) is 6.89. The molecule has 0 aliphatic carbocycles. The Balaban J connectivity index is 0.000000194. The van der Waals surface area contributed by atoms with Crippen molar-refractivity contribution in [3.63, 3.8) is 0 Å². The average molecular weight is 293 g/mol. The molecule has 1 aromatic heterocycles. The van der Waals surface area contributed by atoms with Crippen molar-refractivity contribution in [2.24, 2.45) is 0 Å². The van der Waals surface area contributed by atoms with Gasteiger partial charge in [0, 0.05) is 16.8 Å². The van der Waals surface area contributed by atoms with Crippen LogP contribution in [0.2, 0.25) is 0 Å². The summed E-state index contributed by atoms with van der Waals surface area (Å²) in [7, 11) is 0. The summed E-state index contributed by atoms with van der Waals surface area (Å²) >= 11 is 4.44. The lowest BCUT2D eigenvalue weighted by Crippen LogP contribution is -1.80. The van der Waals surface area contributed by atoms with Gasteiger partial charge < -0.3 is 0 Å². The van der Waals surface area contributed by atoms with E-state index in [-0.39, 0.29) is 0 Å². The summed E-state index contributed by atoms with van der Waals surface area (Å²) in [4.78, 5) is 5.01. The fourth-order valence-electron chi connectivity index (χ4n) is 1.98. The van der Waals surface area contributed by atoms with Crippen molar-refractivity contribution in [2.75, 3.05) is 0 Å². The Bertz CT molecular complexity index is 693. The molecule has 0 amide bonds. The van der Waals surface area contributed by atoms with Gasteiger partial charge in [0.15, 0.2) is 0 Å². The molecule has 2 heteroatoms. The van der Waals surface area contributed by atoms with Crippen LogP contribution >= 0.6 is 12.6 Å². The van der Waals surface area contributed by atoms with E-state index in [2.05, 4.69) is 54.9 Å². The molecule has 0 N–H and O–H groups in total. The minimum Gasteiger partial charge on any atom is -0.262 e. The maximum Gasteiger partial charge on any atom is 0.0372 e. The Hall–Kier alpha value is -2.06. The third kappa shape index (κ3) is 4.76. The summed E-state index contributed by atoms with van der Waals surface area (Å²) in [5.41, 5.74) is 4.77. The highest BCUT2D eigenvalue weighted by atomic mass is 32.1. The normalized spacial score (nSPS) is 9.67. The topological polar surface area (TPSA) is 12.9 Å². The minimum atomic E-state index is 1.03. The van der Waals surface area contributed by atoms with Crippen LogP contribution in [0.25, 0.3) is 11.1 Å². The standard InChI is InChI=1S/C13H12S.C6H7N/c1-10-5-4-6-11(9-10)12-7-2-3-8-13(12)14;1-6-4-2-3-5-7-6/h2-9,14H,1H3;2-5H,1H3. The number of hydrogen-bond donors (Lipinski definition) is 1. The molecule has 0 saturated carbocycles. The van der Waals surface area contributed by atoms with Crippen molar-refractivity contribution in [3.05, 3.63) is 84.2 Å². The number of benzene rings is 2. The van der Waals surface area contributed by atoms with E-state index in [1.165, 1.54) is 16.7 Å². The Kier molecular flexibility index (Phi) is 5.59. The van der Waals surface area contributed by atoms with Crippen molar-refractivity contribution < 1.29 is 0 Å². The van der Waals surface area contributed by atoms with Gasteiger partial charge in [-0.3, -0.25) is 4.98 Å². The molecule has 3 rings (SSSR count). The van der Waals surface area contributed by atoms with Crippen LogP contribution in [0.15, 0.2) is 77.8 Å². The van der Waals surface area contributed by atoms with Gasteiger partial charge >= 0.3 is 0 Å². The highest BCUT2D eigenvalue weighted by molar-refractivity contribution is 7.80. The predicted molar refractivity (Wildman–Crippen MR) is 92.8 cm³/mol. The predicted octanol–water partition coefficient (Wildman–Crippen LogP) is 5.34. The van der Waals surface area contributed by atoms with Crippen LogP contribution in [0.3, 0.4) is 0 Å². The monoisotopic (exact) mass is 293 g/mol. The van der Waals surface area contributed by atoms with Crippen LogP contribution in [-0.2, 0) is 0 Å². The second-order valence-electron chi connectivity index (χ2n) is 4.86. The van der Waals surface area contributed by atoms with Gasteiger partial charge in [0.05, 0.1) is 0 Å². The molecule has 0 aliphatic rings. The summed E-state index contributed by atoms with van der Waals surface area (Å²) in [5.74, 6) is 0. The van der Waals surface area contributed by atoms with Gasteiger partial charge in [0.25, 0.3) is 0 Å². The van der Waals surface area contributed by atoms with Crippen molar-refractivity contribution in [1.82, 2.24) is 4.98 Å². The molecule has 2 aromatic carbocycles. The maximum atomic E-state index is 4.44. The first kappa shape index (κ1) is 15.3. The molecular formula is C19H19NS. The van der Waals surface area contributed by atoms with Gasteiger partial charge in [0.2, 0.25) is 0 Å². The van der Waals surface area contributed by atoms with Crippen LogP contribution < -0.4 is 0 Å². The third-order valence-corrected chi connectivity index (χ3v) is 3.44. The van der Waals surface area contributed by atoms with E-state index in [0.29, 0.717) is 0 Å². The van der Waals surface area contributed by atoms with E-state index in [0.717, 1.165) is 10.6 Å². The van der Waals surface area contributed by atoms with Gasteiger partial charge in [-0.2, -0.15) is 0 Å². The van der Waals surface area contributed by atoms with Gasteiger partial charge in [0.1, 0.15) is 0 Å². The number of aromatic nitrogens is 1. The molecule has 0 spiro atoms. The number of pyridine rings is 1. The minimum absolute atomic E-state index is 1.03. The summed E-state index contributed by atoms with van der Waals surface area (Å²) in [6.45, 7) is 4.07. The molecule has 1 heterocycles. The molecule has 21 heavy (non-hydrogen) atoms. The first-order chi connectivity index (χ1) is 10.2. The highest BCUT2D eigenvalue weighted by Crippen LogP contribution is 2.26. The number of aryl methyl sites for hydroxylation is 2. The molecular weight excluding hydrogens is 274 g/mol. The quantitative estimate of drug-likeness (QED) is 0.597. The van der Waals surface area contributed by atoms with Gasteiger partial charge in [-0.05, 0) is 43.2 Å². The smallest absolute Gasteiger partial charge is 0.0372 e. The van der Waals surface area contributed by atoms with Gasteiger partial charge in [-0.15, -0.1) is 12.6 Å². The molecule has 0 radical (unpaired) electrons. The summed E-state index contributed by atoms with van der Waals surface area (Å²) in [6, 6.07) is 22.5. The Morgan fingerprint density at radius 3 is 2.14 bits per heavy atom. The SMILES string of the molecule is Cc1cccc(-c2ccccc2S)c1.Cc1ccccn1. The third-order valence-electron chi connectivity index (χ3n) is 3.05. The molecule has 0 aliphatic heterocycles. The zero-order chi connectivity index (χ0) is 15.1. The summed E-state index contributed by atoms with van der Waals surface area (Å²) < 4.78 is 0. The largest absolute Gasteiger partial charge is 0.262 e. The molecule has 0 unspecified atom stereocenters. The van der Waals surface area contributed by atoms with Crippen LogP contribution in [0.5, 0.6) is 0 Å². The molecule has 0 atom stereocenters. The zero-order valence-electron chi connectivity index (χ0n) is 12.3. The van der Waals surface area contributed by atoms with Crippen molar-refractivity contribution in [3.8, 4) is 11.1 Å². The maximum absolute atomic E-state index is 4.44. The lowest BCUT2D eigenvalue weighted by atomic mass is 10.0. The summed E-state index contributed by atoms with van der Waals surface area (Å²) in [6.07, 6.45) is 1.79. The number of hydrogen-bond acceptors (Lipinski definition) is 2. The first-order valence-corrected chi connectivity index (χ1v) is 7.34. The van der Waals surface area contributed by atoms with E-state index in [1.807, 2.05) is 43.3 Å². The molecule has 0 fully saturated rings. The fourth-order valence-corrected chi connectivity index (χ4v) is 2.27. The second-order valence-corrected chi connectivity index (χ2v) is 5.34. The van der Waals surface area contributed by atoms with Crippen LogP contribution in [0.1, 0.15) is 11.3 Å². The van der Waals surface area contributed by atoms with Crippen molar-refractivity contribution in [1.29, 1.82) is 0 Å². The molecule has 3 aromatic rings. The highest BCUT2D eigenvalue weighted by Gasteiger charge is 2.00. The van der Waals surface area contributed by atoms with Crippen molar-refractivity contribution in [2.45, 2.75) is 18.7 Å². The van der Waals surface area contributed by atoms with E-state index >= 15 is 0 Å². The lowest BCUT2D eigenvalue weighted by molar-refractivity contribution is 1.20. The number of nitrogens with zero attached hydrogens (tertiary/aromatic N) is 1. The number of thiol groups is 1. The molecule has 0 saturated heterocycles. The van der Waals surface area contributed by atoms with Crippen molar-refractivity contribution >= 4 is 12.6 Å².